The van der Waals surface area contributed by atoms with Gasteiger partial charge in [0.15, 0.2) is 0 Å². The van der Waals surface area contributed by atoms with Crippen molar-refractivity contribution in [3.05, 3.63) is 18.0 Å². The van der Waals surface area contributed by atoms with E-state index in [0.29, 0.717) is 12.3 Å². The number of hydrogen-bond acceptors (Lipinski definition) is 3. The third-order valence-electron chi connectivity index (χ3n) is 1.30. The Morgan fingerprint density at radius 1 is 1.82 bits per heavy atom. The third kappa shape index (κ3) is 1.87. The second-order valence-corrected chi connectivity index (χ2v) is 3.66. The molecule has 1 heterocycles. The number of nitrogens with two attached hydrogens (primary N) is 1. The molecule has 11 heavy (non-hydrogen) atoms. The Labute approximate surface area is 68.0 Å². The highest BCUT2D eigenvalue weighted by molar-refractivity contribution is 7.83. The quantitative estimate of drug-likeness (QED) is 0.692. The Kier molecular flexibility index (Phi) is 2.78. The first kappa shape index (κ1) is 8.42. The summed E-state index contributed by atoms with van der Waals surface area (Å²) in [4.78, 5) is 0. The molecule has 5 heteroatoms. The summed E-state index contributed by atoms with van der Waals surface area (Å²) in [5, 5.41) is 3.89. The Hall–Kier alpha value is -0.680. The van der Waals surface area contributed by atoms with E-state index in [1.807, 2.05) is 6.92 Å². The van der Waals surface area contributed by atoms with Crippen LogP contribution in [-0.2, 0) is 17.5 Å². The van der Waals surface area contributed by atoms with E-state index in [-0.39, 0.29) is 0 Å². The van der Waals surface area contributed by atoms with Gasteiger partial charge in [-0.15, -0.1) is 0 Å². The molecule has 0 aromatic carbocycles. The first-order chi connectivity index (χ1) is 5.27. The lowest BCUT2D eigenvalue weighted by Gasteiger charge is -1.94. The van der Waals surface area contributed by atoms with Crippen LogP contribution in [0.3, 0.4) is 0 Å². The molecule has 0 aliphatic rings. The molecule has 62 valence electrons. The van der Waals surface area contributed by atoms with Crippen LogP contribution in [-0.4, -0.2) is 19.1 Å². The molecule has 1 rings (SSSR count). The normalized spacial score (nSPS) is 13.3. The van der Waals surface area contributed by atoms with Gasteiger partial charge in [0.25, 0.3) is 0 Å². The summed E-state index contributed by atoms with van der Waals surface area (Å²) in [5.74, 6) is 0.575. The van der Waals surface area contributed by atoms with E-state index in [1.54, 1.807) is 12.4 Å². The van der Waals surface area contributed by atoms with Crippen LogP contribution in [0.1, 0.15) is 12.5 Å². The van der Waals surface area contributed by atoms with Gasteiger partial charge in [-0.1, -0.05) is 6.92 Å². The maximum Gasteiger partial charge on any atom is 0.139 e. The Bertz CT molecular complexity index is 258. The summed E-state index contributed by atoms with van der Waals surface area (Å²) in [7, 11) is -1.02. The van der Waals surface area contributed by atoms with E-state index in [9.17, 15) is 4.21 Å². The molecule has 0 spiro atoms. The van der Waals surface area contributed by atoms with Gasteiger partial charge in [0.2, 0.25) is 0 Å². The van der Waals surface area contributed by atoms with Crippen molar-refractivity contribution in [2.75, 3.05) is 5.75 Å². The monoisotopic (exact) mass is 173 g/mol. The lowest BCUT2D eigenvalue weighted by molar-refractivity contribution is 0.672. The molecule has 0 amide bonds. The van der Waals surface area contributed by atoms with E-state index >= 15 is 0 Å². The van der Waals surface area contributed by atoms with E-state index in [2.05, 4.69) is 5.10 Å². The van der Waals surface area contributed by atoms with Gasteiger partial charge in [-0.2, -0.15) is 9.19 Å². The lowest BCUT2D eigenvalue weighted by Crippen LogP contribution is -2.06. The fourth-order valence-electron chi connectivity index (χ4n) is 0.689. The highest BCUT2D eigenvalue weighted by atomic mass is 32.2. The summed E-state index contributed by atoms with van der Waals surface area (Å²) in [6.07, 6.45) is 3.34. The second kappa shape index (κ2) is 3.64. The van der Waals surface area contributed by atoms with Gasteiger partial charge in [-0.25, -0.2) is 4.21 Å². The summed E-state index contributed by atoms with van der Waals surface area (Å²) in [6, 6.07) is 0. The first-order valence-corrected chi connectivity index (χ1v) is 4.68. The van der Waals surface area contributed by atoms with Crippen molar-refractivity contribution in [2.45, 2.75) is 13.5 Å². The van der Waals surface area contributed by atoms with Crippen molar-refractivity contribution in [2.24, 2.45) is 5.73 Å². The molecular weight excluding hydrogens is 162 g/mol. The summed E-state index contributed by atoms with van der Waals surface area (Å²) >= 11 is 0. The highest BCUT2D eigenvalue weighted by Gasteiger charge is 2.00. The maximum absolute atomic E-state index is 11.1. The summed E-state index contributed by atoms with van der Waals surface area (Å²) in [5.41, 5.74) is 6.26. The third-order valence-corrected chi connectivity index (χ3v) is 2.42. The van der Waals surface area contributed by atoms with Crippen LogP contribution in [0.25, 0.3) is 0 Å². The molecule has 0 aliphatic heterocycles. The molecule has 1 atom stereocenters. The van der Waals surface area contributed by atoms with Crippen LogP contribution in [0.4, 0.5) is 0 Å². The molecule has 0 fully saturated rings. The largest absolute Gasteiger partial charge is 0.326 e. The molecule has 1 aromatic heterocycles. The van der Waals surface area contributed by atoms with Crippen molar-refractivity contribution >= 4 is 11.0 Å². The minimum atomic E-state index is -1.02. The van der Waals surface area contributed by atoms with Crippen LogP contribution in [0, 0.1) is 0 Å². The molecular formula is C6H11N3OS. The smallest absolute Gasteiger partial charge is 0.139 e. The highest BCUT2D eigenvalue weighted by Crippen LogP contribution is 1.96. The minimum Gasteiger partial charge on any atom is -0.326 e. The Morgan fingerprint density at radius 2 is 2.55 bits per heavy atom. The SMILES string of the molecule is CCS(=O)n1cc(CN)cn1. The van der Waals surface area contributed by atoms with E-state index in [0.717, 1.165) is 5.56 Å². The maximum atomic E-state index is 11.1. The van der Waals surface area contributed by atoms with E-state index in [1.165, 1.54) is 4.09 Å². The van der Waals surface area contributed by atoms with E-state index < -0.39 is 11.0 Å². The molecule has 1 aromatic rings. The van der Waals surface area contributed by atoms with Crippen molar-refractivity contribution in [1.82, 2.24) is 9.19 Å². The Morgan fingerprint density at radius 3 is 3.00 bits per heavy atom. The second-order valence-electron chi connectivity index (χ2n) is 2.07. The number of nitrogens with zero attached hydrogens (tertiary/aromatic N) is 2. The standard InChI is InChI=1S/C6H11N3OS/c1-2-11(10)9-5-6(3-7)4-8-9/h4-5H,2-3,7H2,1H3. The van der Waals surface area contributed by atoms with Crippen LogP contribution >= 0.6 is 0 Å². The topological polar surface area (TPSA) is 60.9 Å². The average molecular weight is 173 g/mol. The number of rotatable bonds is 3. The van der Waals surface area contributed by atoms with Crippen LogP contribution in [0.5, 0.6) is 0 Å². The number of hydrogen-bond donors (Lipinski definition) is 1. The zero-order valence-electron chi connectivity index (χ0n) is 6.36. The average Bonchev–Trinajstić information content (AvgIpc) is 2.50. The van der Waals surface area contributed by atoms with Gasteiger partial charge in [-0.3, -0.25) is 0 Å². The van der Waals surface area contributed by atoms with Gasteiger partial charge >= 0.3 is 0 Å². The van der Waals surface area contributed by atoms with Gasteiger partial charge in [0, 0.05) is 24.1 Å². The zero-order valence-corrected chi connectivity index (χ0v) is 7.17. The van der Waals surface area contributed by atoms with Gasteiger partial charge in [0.05, 0.1) is 6.20 Å². The van der Waals surface area contributed by atoms with Crippen molar-refractivity contribution < 1.29 is 4.21 Å². The van der Waals surface area contributed by atoms with Crippen molar-refractivity contribution in [3.63, 3.8) is 0 Å². The predicted octanol–water partition coefficient (Wildman–Crippen LogP) is -0.126. The molecule has 1 unspecified atom stereocenters. The lowest BCUT2D eigenvalue weighted by atomic mass is 10.4. The van der Waals surface area contributed by atoms with Crippen LogP contribution < -0.4 is 5.73 Å². The van der Waals surface area contributed by atoms with Crippen molar-refractivity contribution in [3.8, 4) is 0 Å². The van der Waals surface area contributed by atoms with E-state index in [4.69, 9.17) is 5.73 Å². The first-order valence-electron chi connectivity index (χ1n) is 3.40. The van der Waals surface area contributed by atoms with Gasteiger partial charge in [0.1, 0.15) is 11.0 Å². The fraction of sp³-hybridized carbons (Fsp3) is 0.500. The zero-order chi connectivity index (χ0) is 8.27. The predicted molar refractivity (Wildman–Crippen MR) is 44.2 cm³/mol. The minimum absolute atomic E-state index is 0.445. The molecule has 0 radical (unpaired) electrons. The van der Waals surface area contributed by atoms with Gasteiger partial charge in [-0.05, 0) is 0 Å². The molecule has 0 bridgehead atoms. The van der Waals surface area contributed by atoms with Crippen molar-refractivity contribution in [1.29, 1.82) is 0 Å². The molecule has 0 saturated carbocycles. The number of aromatic nitrogens is 2. The molecule has 2 N–H and O–H groups in total. The molecule has 4 nitrogen and oxygen atoms in total. The van der Waals surface area contributed by atoms with Crippen LogP contribution in [0.15, 0.2) is 12.4 Å². The molecule has 0 saturated heterocycles. The Balaban J connectivity index is 2.80. The summed E-state index contributed by atoms with van der Waals surface area (Å²) < 4.78 is 12.5. The summed E-state index contributed by atoms with van der Waals surface area (Å²) in [6.45, 7) is 2.29. The van der Waals surface area contributed by atoms with Gasteiger partial charge < -0.3 is 5.73 Å². The fourth-order valence-corrected chi connectivity index (χ4v) is 1.36. The van der Waals surface area contributed by atoms with Crippen LogP contribution in [0.2, 0.25) is 0 Å². The molecule has 0 aliphatic carbocycles.